The predicted octanol–water partition coefficient (Wildman–Crippen LogP) is 2.13. The minimum Gasteiger partial charge on any atom is -0.327 e. The zero-order chi connectivity index (χ0) is 12.8. The van der Waals surface area contributed by atoms with Crippen molar-refractivity contribution in [1.29, 1.82) is 5.26 Å². The van der Waals surface area contributed by atoms with Crippen LogP contribution in [0, 0.1) is 17.1 Å². The molecular formula is C13H15FN2O. The third-order valence-electron chi connectivity index (χ3n) is 2.43. The summed E-state index contributed by atoms with van der Waals surface area (Å²) in [6, 6.07) is 7.87. The standard InChI is InChI=1S/C13H15FN2O/c1-10(2)16(7-6-15)13(17)9-11-4-3-5-12(14)8-11/h3-5,8,10H,7,9H2,1-2H3. The van der Waals surface area contributed by atoms with Crippen LogP contribution in [0.2, 0.25) is 0 Å². The van der Waals surface area contributed by atoms with E-state index in [9.17, 15) is 9.18 Å². The van der Waals surface area contributed by atoms with Crippen molar-refractivity contribution < 1.29 is 9.18 Å². The largest absolute Gasteiger partial charge is 0.327 e. The summed E-state index contributed by atoms with van der Waals surface area (Å²) < 4.78 is 12.9. The van der Waals surface area contributed by atoms with Crippen LogP contribution in [0.15, 0.2) is 24.3 Å². The molecule has 0 fully saturated rings. The molecule has 0 bridgehead atoms. The van der Waals surface area contributed by atoms with Crippen molar-refractivity contribution in [2.45, 2.75) is 26.3 Å². The van der Waals surface area contributed by atoms with Crippen molar-refractivity contribution in [3.8, 4) is 6.07 Å². The third-order valence-corrected chi connectivity index (χ3v) is 2.43. The van der Waals surface area contributed by atoms with Crippen LogP contribution in [0.5, 0.6) is 0 Å². The molecule has 1 aromatic rings. The number of rotatable bonds is 4. The lowest BCUT2D eigenvalue weighted by Crippen LogP contribution is -2.38. The Morgan fingerprint density at radius 3 is 2.76 bits per heavy atom. The molecule has 0 spiro atoms. The van der Waals surface area contributed by atoms with Gasteiger partial charge in [0.05, 0.1) is 12.5 Å². The van der Waals surface area contributed by atoms with Crippen LogP contribution in [0.3, 0.4) is 0 Å². The van der Waals surface area contributed by atoms with Crippen LogP contribution in [0.25, 0.3) is 0 Å². The lowest BCUT2D eigenvalue weighted by molar-refractivity contribution is -0.131. The second kappa shape index (κ2) is 6.00. The highest BCUT2D eigenvalue weighted by atomic mass is 19.1. The Bertz CT molecular complexity index is 437. The molecule has 0 atom stereocenters. The number of hydrogen-bond donors (Lipinski definition) is 0. The van der Waals surface area contributed by atoms with Crippen molar-refractivity contribution in [3.05, 3.63) is 35.6 Å². The molecule has 0 unspecified atom stereocenters. The molecule has 4 heteroatoms. The number of carbonyl (C=O) groups excluding carboxylic acids is 1. The zero-order valence-electron chi connectivity index (χ0n) is 9.98. The molecule has 90 valence electrons. The molecule has 17 heavy (non-hydrogen) atoms. The van der Waals surface area contributed by atoms with E-state index in [1.807, 2.05) is 19.9 Å². The minimum atomic E-state index is -0.355. The number of halogens is 1. The Hall–Kier alpha value is -1.89. The fourth-order valence-corrected chi connectivity index (χ4v) is 1.56. The van der Waals surface area contributed by atoms with Gasteiger partial charge >= 0.3 is 0 Å². The van der Waals surface area contributed by atoms with E-state index < -0.39 is 0 Å². The van der Waals surface area contributed by atoms with E-state index in [0.29, 0.717) is 5.56 Å². The number of amides is 1. The Labute approximate surface area is 100 Å². The summed E-state index contributed by atoms with van der Waals surface area (Å²) in [6.45, 7) is 3.76. The van der Waals surface area contributed by atoms with E-state index in [4.69, 9.17) is 5.26 Å². The maximum absolute atomic E-state index is 12.9. The number of nitrogens with zero attached hydrogens (tertiary/aromatic N) is 2. The number of nitriles is 1. The first-order valence-electron chi connectivity index (χ1n) is 5.45. The summed E-state index contributed by atoms with van der Waals surface area (Å²) in [6.07, 6.45) is 0.123. The monoisotopic (exact) mass is 234 g/mol. The maximum Gasteiger partial charge on any atom is 0.228 e. The molecule has 0 saturated heterocycles. The molecule has 0 radical (unpaired) electrons. The minimum absolute atomic E-state index is 0.0318. The van der Waals surface area contributed by atoms with Gasteiger partial charge in [0.25, 0.3) is 0 Å². The zero-order valence-corrected chi connectivity index (χ0v) is 9.98. The normalized spacial score (nSPS) is 10.1. The third kappa shape index (κ3) is 3.87. The number of benzene rings is 1. The van der Waals surface area contributed by atoms with Gasteiger partial charge in [-0.25, -0.2) is 4.39 Å². The smallest absolute Gasteiger partial charge is 0.228 e. The van der Waals surface area contributed by atoms with Gasteiger partial charge in [-0.3, -0.25) is 4.79 Å². The average Bonchev–Trinajstić information content (AvgIpc) is 2.25. The van der Waals surface area contributed by atoms with Gasteiger partial charge in [0.1, 0.15) is 12.4 Å². The number of carbonyl (C=O) groups is 1. The van der Waals surface area contributed by atoms with E-state index in [1.54, 1.807) is 12.1 Å². The molecule has 0 aliphatic rings. The van der Waals surface area contributed by atoms with E-state index >= 15 is 0 Å². The maximum atomic E-state index is 12.9. The fourth-order valence-electron chi connectivity index (χ4n) is 1.56. The topological polar surface area (TPSA) is 44.1 Å². The molecule has 1 amide bonds. The van der Waals surface area contributed by atoms with E-state index in [1.165, 1.54) is 17.0 Å². The van der Waals surface area contributed by atoms with Gasteiger partial charge < -0.3 is 4.90 Å². The second-order valence-corrected chi connectivity index (χ2v) is 4.08. The first-order chi connectivity index (χ1) is 8.04. The Morgan fingerprint density at radius 2 is 2.24 bits per heavy atom. The van der Waals surface area contributed by atoms with Crippen LogP contribution in [-0.4, -0.2) is 23.4 Å². The molecule has 0 N–H and O–H groups in total. The van der Waals surface area contributed by atoms with Crippen LogP contribution in [-0.2, 0) is 11.2 Å². The van der Waals surface area contributed by atoms with Gasteiger partial charge in [0, 0.05) is 6.04 Å². The summed E-state index contributed by atoms with van der Waals surface area (Å²) >= 11 is 0. The number of hydrogen-bond acceptors (Lipinski definition) is 2. The molecule has 0 aromatic heterocycles. The highest BCUT2D eigenvalue weighted by Gasteiger charge is 2.16. The highest BCUT2D eigenvalue weighted by molar-refractivity contribution is 5.79. The average molecular weight is 234 g/mol. The second-order valence-electron chi connectivity index (χ2n) is 4.08. The summed E-state index contributed by atoms with van der Waals surface area (Å²) in [5, 5.41) is 8.64. The quantitative estimate of drug-likeness (QED) is 0.749. The van der Waals surface area contributed by atoms with Gasteiger partial charge in [0.15, 0.2) is 0 Å². The molecular weight excluding hydrogens is 219 g/mol. The van der Waals surface area contributed by atoms with Gasteiger partial charge in [-0.15, -0.1) is 0 Å². The van der Waals surface area contributed by atoms with E-state index in [0.717, 1.165) is 0 Å². The molecule has 0 aliphatic heterocycles. The van der Waals surface area contributed by atoms with Crippen LogP contribution < -0.4 is 0 Å². The van der Waals surface area contributed by atoms with Gasteiger partial charge in [-0.2, -0.15) is 5.26 Å². The summed E-state index contributed by atoms with van der Waals surface area (Å²) in [5.41, 5.74) is 0.624. The highest BCUT2D eigenvalue weighted by Crippen LogP contribution is 2.08. The van der Waals surface area contributed by atoms with E-state index in [-0.39, 0.29) is 30.7 Å². The van der Waals surface area contributed by atoms with Crippen molar-refractivity contribution in [1.82, 2.24) is 4.90 Å². The Balaban J connectivity index is 2.74. The predicted molar refractivity (Wildman–Crippen MR) is 62.6 cm³/mol. The van der Waals surface area contributed by atoms with Gasteiger partial charge in [0.2, 0.25) is 5.91 Å². The molecule has 0 heterocycles. The van der Waals surface area contributed by atoms with Crippen molar-refractivity contribution in [2.75, 3.05) is 6.54 Å². The van der Waals surface area contributed by atoms with Crippen LogP contribution in [0.1, 0.15) is 19.4 Å². The SMILES string of the molecule is CC(C)N(CC#N)C(=O)Cc1cccc(F)c1. The summed E-state index contributed by atoms with van der Waals surface area (Å²) in [7, 11) is 0. The van der Waals surface area contributed by atoms with Gasteiger partial charge in [-0.1, -0.05) is 12.1 Å². The van der Waals surface area contributed by atoms with Crippen molar-refractivity contribution >= 4 is 5.91 Å². The summed E-state index contributed by atoms with van der Waals surface area (Å²) in [5.74, 6) is -0.515. The summed E-state index contributed by atoms with van der Waals surface area (Å²) in [4.78, 5) is 13.4. The van der Waals surface area contributed by atoms with E-state index in [2.05, 4.69) is 0 Å². The first kappa shape index (κ1) is 13.2. The lowest BCUT2D eigenvalue weighted by atomic mass is 10.1. The molecule has 1 aromatic carbocycles. The molecule has 0 saturated carbocycles. The molecule has 0 aliphatic carbocycles. The van der Waals surface area contributed by atoms with Crippen LogP contribution in [0.4, 0.5) is 4.39 Å². The Morgan fingerprint density at radius 1 is 1.53 bits per heavy atom. The fraction of sp³-hybridized carbons (Fsp3) is 0.385. The molecule has 3 nitrogen and oxygen atoms in total. The Kier molecular flexibility index (Phi) is 4.65. The lowest BCUT2D eigenvalue weighted by Gasteiger charge is -2.23. The van der Waals surface area contributed by atoms with Crippen molar-refractivity contribution in [2.24, 2.45) is 0 Å². The van der Waals surface area contributed by atoms with Crippen molar-refractivity contribution in [3.63, 3.8) is 0 Å². The molecule has 1 rings (SSSR count). The van der Waals surface area contributed by atoms with Crippen LogP contribution >= 0.6 is 0 Å². The van der Waals surface area contributed by atoms with Gasteiger partial charge in [-0.05, 0) is 31.5 Å². The first-order valence-corrected chi connectivity index (χ1v) is 5.45.